The van der Waals surface area contributed by atoms with Crippen molar-refractivity contribution < 1.29 is 14.7 Å². The van der Waals surface area contributed by atoms with Gasteiger partial charge in [0.05, 0.1) is 22.9 Å². The summed E-state index contributed by atoms with van der Waals surface area (Å²) in [5.41, 5.74) is 1.22. The standard InChI is InChI=1S/C15H19ClN2O3/c1-9-5-4-7-11(13(9)16)18-15(21)14(20)17-10-6-2-3-8-12(10)19/h4-5,7,10,12,19H,2-3,6,8H2,1H3,(H,17,20)(H,18,21). The van der Waals surface area contributed by atoms with Crippen LogP contribution < -0.4 is 10.6 Å². The topological polar surface area (TPSA) is 78.4 Å². The van der Waals surface area contributed by atoms with Gasteiger partial charge in [-0.3, -0.25) is 9.59 Å². The Kier molecular flexibility index (Phi) is 5.20. The molecule has 3 N–H and O–H groups in total. The third kappa shape index (κ3) is 3.95. The number of carbonyl (C=O) groups excluding carboxylic acids is 2. The van der Waals surface area contributed by atoms with Gasteiger partial charge in [-0.05, 0) is 31.4 Å². The number of aliphatic hydroxyl groups is 1. The molecule has 0 spiro atoms. The zero-order valence-electron chi connectivity index (χ0n) is 11.9. The number of hydrogen-bond acceptors (Lipinski definition) is 3. The summed E-state index contributed by atoms with van der Waals surface area (Å²) < 4.78 is 0. The van der Waals surface area contributed by atoms with Crippen molar-refractivity contribution in [1.29, 1.82) is 0 Å². The van der Waals surface area contributed by atoms with E-state index in [0.717, 1.165) is 18.4 Å². The van der Waals surface area contributed by atoms with Gasteiger partial charge in [0, 0.05) is 0 Å². The van der Waals surface area contributed by atoms with Crippen LogP contribution in [0.15, 0.2) is 18.2 Å². The minimum absolute atomic E-state index is 0.356. The van der Waals surface area contributed by atoms with Crippen LogP contribution in [0.2, 0.25) is 5.02 Å². The third-order valence-corrected chi connectivity index (χ3v) is 4.19. The molecule has 1 aromatic carbocycles. The maximum atomic E-state index is 11.9. The largest absolute Gasteiger partial charge is 0.391 e. The average Bonchev–Trinajstić information content (AvgIpc) is 2.46. The second-order valence-corrected chi connectivity index (χ2v) is 5.70. The molecular formula is C15H19ClN2O3. The lowest BCUT2D eigenvalue weighted by molar-refractivity contribution is -0.137. The number of hydrogen-bond donors (Lipinski definition) is 3. The van der Waals surface area contributed by atoms with Crippen LogP contribution in [0.5, 0.6) is 0 Å². The van der Waals surface area contributed by atoms with Gasteiger partial charge in [-0.25, -0.2) is 0 Å². The van der Waals surface area contributed by atoms with E-state index in [0.29, 0.717) is 23.6 Å². The summed E-state index contributed by atoms with van der Waals surface area (Å²) in [5.74, 6) is -1.53. The van der Waals surface area contributed by atoms with E-state index in [-0.39, 0.29) is 6.04 Å². The highest BCUT2D eigenvalue weighted by Gasteiger charge is 2.27. The fourth-order valence-electron chi connectivity index (χ4n) is 2.44. The number of aryl methyl sites for hydroxylation is 1. The van der Waals surface area contributed by atoms with Gasteiger partial charge in [0.2, 0.25) is 0 Å². The van der Waals surface area contributed by atoms with Gasteiger partial charge in [-0.15, -0.1) is 0 Å². The molecule has 1 saturated carbocycles. The van der Waals surface area contributed by atoms with E-state index in [1.54, 1.807) is 12.1 Å². The van der Waals surface area contributed by atoms with Crippen molar-refractivity contribution in [2.45, 2.75) is 44.8 Å². The maximum Gasteiger partial charge on any atom is 0.313 e. The Morgan fingerprint density at radius 3 is 2.67 bits per heavy atom. The van der Waals surface area contributed by atoms with Crippen molar-refractivity contribution in [1.82, 2.24) is 5.32 Å². The first-order valence-electron chi connectivity index (χ1n) is 7.04. The van der Waals surface area contributed by atoms with Crippen LogP contribution in [0.3, 0.4) is 0 Å². The lowest BCUT2D eigenvalue weighted by Crippen LogP contribution is -2.48. The number of amides is 2. The number of rotatable bonds is 2. The first kappa shape index (κ1) is 15.8. The lowest BCUT2D eigenvalue weighted by atomic mass is 9.92. The Labute approximate surface area is 128 Å². The van der Waals surface area contributed by atoms with Crippen LogP contribution in [0.4, 0.5) is 5.69 Å². The van der Waals surface area contributed by atoms with Crippen LogP contribution in [0.1, 0.15) is 31.2 Å². The maximum absolute atomic E-state index is 11.9. The second-order valence-electron chi connectivity index (χ2n) is 5.32. The molecule has 5 nitrogen and oxygen atoms in total. The zero-order valence-corrected chi connectivity index (χ0v) is 12.6. The summed E-state index contributed by atoms with van der Waals surface area (Å²) in [4.78, 5) is 23.8. The van der Waals surface area contributed by atoms with Gasteiger partial charge < -0.3 is 15.7 Å². The Morgan fingerprint density at radius 1 is 1.24 bits per heavy atom. The van der Waals surface area contributed by atoms with Gasteiger partial charge >= 0.3 is 11.8 Å². The van der Waals surface area contributed by atoms with Crippen molar-refractivity contribution in [2.75, 3.05) is 5.32 Å². The third-order valence-electron chi connectivity index (χ3n) is 3.69. The fraction of sp³-hybridized carbons (Fsp3) is 0.467. The molecule has 2 unspecified atom stereocenters. The molecule has 2 rings (SSSR count). The molecule has 1 aromatic rings. The monoisotopic (exact) mass is 310 g/mol. The van der Waals surface area contributed by atoms with Gasteiger partial charge in [0.25, 0.3) is 0 Å². The first-order chi connectivity index (χ1) is 9.99. The minimum Gasteiger partial charge on any atom is -0.391 e. The van der Waals surface area contributed by atoms with Crippen molar-refractivity contribution in [3.63, 3.8) is 0 Å². The number of anilines is 1. The smallest absolute Gasteiger partial charge is 0.313 e. The molecule has 2 atom stereocenters. The summed E-state index contributed by atoms with van der Waals surface area (Å²) in [6.45, 7) is 1.82. The summed E-state index contributed by atoms with van der Waals surface area (Å²) in [5, 5.41) is 15.3. The van der Waals surface area contributed by atoms with Gasteiger partial charge in [-0.1, -0.05) is 36.6 Å². The molecule has 6 heteroatoms. The van der Waals surface area contributed by atoms with Crippen molar-refractivity contribution in [3.05, 3.63) is 28.8 Å². The molecule has 1 aliphatic rings. The summed E-state index contributed by atoms with van der Waals surface area (Å²) in [6, 6.07) is 4.84. The molecule has 1 fully saturated rings. The fourth-order valence-corrected chi connectivity index (χ4v) is 2.61. The van der Waals surface area contributed by atoms with E-state index in [1.165, 1.54) is 0 Å². The van der Waals surface area contributed by atoms with Crippen LogP contribution in [-0.2, 0) is 9.59 Å². The van der Waals surface area contributed by atoms with E-state index in [1.807, 2.05) is 13.0 Å². The average molecular weight is 311 g/mol. The first-order valence-corrected chi connectivity index (χ1v) is 7.42. The lowest BCUT2D eigenvalue weighted by Gasteiger charge is -2.28. The number of aliphatic hydroxyl groups excluding tert-OH is 1. The Morgan fingerprint density at radius 2 is 1.95 bits per heavy atom. The molecule has 0 bridgehead atoms. The number of carbonyl (C=O) groups is 2. The molecule has 0 saturated heterocycles. The molecule has 0 heterocycles. The number of halogens is 1. The quantitative estimate of drug-likeness (QED) is 0.731. The predicted octanol–water partition coefficient (Wildman–Crippen LogP) is 2.01. The summed E-state index contributed by atoms with van der Waals surface area (Å²) in [6.07, 6.45) is 2.63. The Bertz CT molecular complexity index is 548. The van der Waals surface area contributed by atoms with Gasteiger partial charge in [-0.2, -0.15) is 0 Å². The minimum atomic E-state index is -0.778. The molecular weight excluding hydrogens is 292 g/mol. The molecule has 114 valence electrons. The van der Waals surface area contributed by atoms with E-state index in [2.05, 4.69) is 10.6 Å². The molecule has 0 aliphatic heterocycles. The highest BCUT2D eigenvalue weighted by molar-refractivity contribution is 6.41. The van der Waals surface area contributed by atoms with Crippen LogP contribution in [0.25, 0.3) is 0 Å². The van der Waals surface area contributed by atoms with E-state index in [9.17, 15) is 14.7 Å². The van der Waals surface area contributed by atoms with Crippen LogP contribution >= 0.6 is 11.6 Å². The SMILES string of the molecule is Cc1cccc(NC(=O)C(=O)NC2CCCCC2O)c1Cl. The highest BCUT2D eigenvalue weighted by Crippen LogP contribution is 2.25. The molecule has 2 amide bonds. The highest BCUT2D eigenvalue weighted by atomic mass is 35.5. The normalized spacial score (nSPS) is 21.7. The molecule has 0 radical (unpaired) electrons. The number of nitrogens with one attached hydrogen (secondary N) is 2. The van der Waals surface area contributed by atoms with E-state index < -0.39 is 17.9 Å². The molecule has 1 aliphatic carbocycles. The Balaban J connectivity index is 1.96. The predicted molar refractivity (Wildman–Crippen MR) is 81.2 cm³/mol. The Hall–Kier alpha value is -1.59. The van der Waals surface area contributed by atoms with E-state index in [4.69, 9.17) is 11.6 Å². The van der Waals surface area contributed by atoms with E-state index >= 15 is 0 Å². The zero-order chi connectivity index (χ0) is 15.4. The van der Waals surface area contributed by atoms with Crippen molar-refractivity contribution in [3.8, 4) is 0 Å². The summed E-state index contributed by atoms with van der Waals surface area (Å²) >= 11 is 6.07. The molecule has 0 aromatic heterocycles. The second kappa shape index (κ2) is 6.91. The number of benzene rings is 1. The van der Waals surface area contributed by atoms with Gasteiger partial charge in [0.1, 0.15) is 0 Å². The summed E-state index contributed by atoms with van der Waals surface area (Å²) in [7, 11) is 0. The van der Waals surface area contributed by atoms with Crippen LogP contribution in [-0.4, -0.2) is 29.1 Å². The van der Waals surface area contributed by atoms with Crippen LogP contribution in [0, 0.1) is 6.92 Å². The van der Waals surface area contributed by atoms with Gasteiger partial charge in [0.15, 0.2) is 0 Å². The van der Waals surface area contributed by atoms with Crippen molar-refractivity contribution >= 4 is 29.1 Å². The van der Waals surface area contributed by atoms with Crippen molar-refractivity contribution in [2.24, 2.45) is 0 Å². The molecule has 21 heavy (non-hydrogen) atoms.